The first kappa shape index (κ1) is 16.5. The van der Waals surface area contributed by atoms with Crippen molar-refractivity contribution in [3.05, 3.63) is 29.8 Å². The first-order valence-electron chi connectivity index (χ1n) is 7.53. The minimum atomic E-state index is -0.470. The molecule has 112 valence electrons. The number of carbonyl (C=O) groups is 1. The van der Waals surface area contributed by atoms with Crippen molar-refractivity contribution in [2.24, 2.45) is 0 Å². The molecule has 4 nitrogen and oxygen atoms in total. The Morgan fingerprint density at radius 1 is 1.10 bits per heavy atom. The molecular weight excluding hydrogens is 252 g/mol. The Morgan fingerprint density at radius 2 is 1.75 bits per heavy atom. The normalized spacial score (nSPS) is 10.3. The summed E-state index contributed by atoms with van der Waals surface area (Å²) in [6.45, 7) is 4.62. The lowest BCUT2D eigenvalue weighted by atomic mass is 10.1. The van der Waals surface area contributed by atoms with Crippen molar-refractivity contribution in [1.29, 1.82) is 0 Å². The second-order valence-electron chi connectivity index (χ2n) is 5.06. The van der Waals surface area contributed by atoms with Crippen LogP contribution in [0.5, 0.6) is 0 Å². The quantitative estimate of drug-likeness (QED) is 0.419. The number of urea groups is 1. The topological polar surface area (TPSA) is 52.6 Å². The van der Waals surface area contributed by atoms with Gasteiger partial charge in [0.25, 0.3) is 0 Å². The average Bonchev–Trinajstić information content (AvgIpc) is 2.46. The van der Waals surface area contributed by atoms with E-state index < -0.39 is 6.03 Å². The van der Waals surface area contributed by atoms with Crippen LogP contribution in [-0.4, -0.2) is 22.8 Å². The zero-order chi connectivity index (χ0) is 14.8. The molecule has 0 heterocycles. The Morgan fingerprint density at radius 3 is 2.35 bits per heavy atom. The Labute approximate surface area is 121 Å². The predicted molar refractivity (Wildman–Crippen MR) is 82.1 cm³/mol. The summed E-state index contributed by atoms with van der Waals surface area (Å²) in [6, 6.07) is 7.32. The molecule has 2 amide bonds. The molecule has 0 aliphatic rings. The number of hydroxylamine groups is 2. The summed E-state index contributed by atoms with van der Waals surface area (Å²) >= 11 is 0. The van der Waals surface area contributed by atoms with Crippen LogP contribution in [0.4, 0.5) is 10.5 Å². The highest BCUT2D eigenvalue weighted by Gasteiger charge is 2.10. The highest BCUT2D eigenvalue weighted by atomic mass is 16.5. The van der Waals surface area contributed by atoms with Gasteiger partial charge < -0.3 is 5.32 Å². The van der Waals surface area contributed by atoms with E-state index in [-0.39, 0.29) is 0 Å². The number of nitrogens with one attached hydrogen (secondary N) is 1. The Kier molecular flexibility index (Phi) is 7.73. The van der Waals surface area contributed by atoms with E-state index in [2.05, 4.69) is 19.2 Å². The van der Waals surface area contributed by atoms with Crippen LogP contribution in [0, 0.1) is 0 Å². The number of nitrogens with zero attached hydrogens (tertiary/aromatic N) is 1. The molecule has 0 radical (unpaired) electrons. The van der Waals surface area contributed by atoms with Gasteiger partial charge in [-0.1, -0.05) is 45.2 Å². The molecule has 0 aliphatic carbocycles. The third kappa shape index (κ3) is 6.06. The zero-order valence-corrected chi connectivity index (χ0v) is 12.6. The highest BCUT2D eigenvalue weighted by Crippen LogP contribution is 2.12. The van der Waals surface area contributed by atoms with Crippen LogP contribution in [0.2, 0.25) is 0 Å². The van der Waals surface area contributed by atoms with E-state index in [4.69, 9.17) is 0 Å². The summed E-state index contributed by atoms with van der Waals surface area (Å²) < 4.78 is 0. The minimum absolute atomic E-state index is 0.369. The third-order valence-electron chi connectivity index (χ3n) is 3.23. The molecule has 20 heavy (non-hydrogen) atoms. The summed E-state index contributed by atoms with van der Waals surface area (Å²) in [7, 11) is 0. The van der Waals surface area contributed by atoms with Gasteiger partial charge in [-0.2, -0.15) is 0 Å². The van der Waals surface area contributed by atoms with Crippen molar-refractivity contribution in [2.45, 2.75) is 52.4 Å². The number of rotatable bonds is 8. The molecule has 0 fully saturated rings. The number of hydrogen-bond donors (Lipinski definition) is 2. The highest BCUT2D eigenvalue weighted by molar-refractivity contribution is 5.88. The van der Waals surface area contributed by atoms with Crippen molar-refractivity contribution in [3.63, 3.8) is 0 Å². The molecule has 0 spiro atoms. The van der Waals surface area contributed by atoms with Gasteiger partial charge >= 0.3 is 6.03 Å². The summed E-state index contributed by atoms with van der Waals surface area (Å²) in [5.74, 6) is 0. The van der Waals surface area contributed by atoms with Crippen molar-refractivity contribution in [2.75, 3.05) is 11.9 Å². The Balaban J connectivity index is 2.41. The molecule has 2 N–H and O–H groups in total. The minimum Gasteiger partial charge on any atom is -0.306 e. The standard InChI is InChI=1S/C16H26N2O2/c1-3-5-7-13-18(20)16(19)17-15-11-9-14(10-12-15)8-6-4-2/h9-12,20H,3-8,13H2,1-2H3,(H,17,19). The molecule has 0 atom stereocenters. The van der Waals surface area contributed by atoms with Crippen LogP contribution in [-0.2, 0) is 6.42 Å². The van der Waals surface area contributed by atoms with E-state index in [1.165, 1.54) is 18.4 Å². The van der Waals surface area contributed by atoms with Crippen LogP contribution in [0.3, 0.4) is 0 Å². The van der Waals surface area contributed by atoms with Gasteiger partial charge in [0.15, 0.2) is 0 Å². The first-order chi connectivity index (χ1) is 9.67. The van der Waals surface area contributed by atoms with Gasteiger partial charge in [-0.25, -0.2) is 9.86 Å². The number of aryl methyl sites for hydroxylation is 1. The molecule has 0 aromatic heterocycles. The summed E-state index contributed by atoms with van der Waals surface area (Å²) in [5.41, 5.74) is 1.98. The van der Waals surface area contributed by atoms with Gasteiger partial charge in [0, 0.05) is 5.69 Å². The van der Waals surface area contributed by atoms with E-state index in [9.17, 15) is 10.0 Å². The molecule has 4 heteroatoms. The molecule has 0 bridgehead atoms. The number of benzene rings is 1. The molecule has 1 aromatic rings. The Bertz CT molecular complexity index is 390. The lowest BCUT2D eigenvalue weighted by Crippen LogP contribution is -2.32. The first-order valence-corrected chi connectivity index (χ1v) is 7.53. The molecule has 0 unspecified atom stereocenters. The van der Waals surface area contributed by atoms with Gasteiger partial charge in [-0.3, -0.25) is 5.21 Å². The number of carbonyl (C=O) groups excluding carboxylic acids is 1. The SMILES string of the molecule is CCCCCN(O)C(=O)Nc1ccc(CCCC)cc1. The number of hydrogen-bond acceptors (Lipinski definition) is 2. The second-order valence-corrected chi connectivity index (χ2v) is 5.06. The Hall–Kier alpha value is -1.55. The van der Waals surface area contributed by atoms with Crippen molar-refractivity contribution >= 4 is 11.7 Å². The number of unbranched alkanes of at least 4 members (excludes halogenated alkanes) is 3. The second kappa shape index (κ2) is 9.37. The van der Waals surface area contributed by atoms with Crippen LogP contribution >= 0.6 is 0 Å². The molecular formula is C16H26N2O2. The lowest BCUT2D eigenvalue weighted by molar-refractivity contribution is -0.0381. The van der Waals surface area contributed by atoms with Crippen LogP contribution < -0.4 is 5.32 Å². The van der Waals surface area contributed by atoms with Gasteiger partial charge in [0.1, 0.15) is 0 Å². The molecule has 1 rings (SSSR count). The number of anilines is 1. The molecule has 1 aromatic carbocycles. The van der Waals surface area contributed by atoms with Crippen molar-refractivity contribution < 1.29 is 10.0 Å². The van der Waals surface area contributed by atoms with Gasteiger partial charge in [0.2, 0.25) is 0 Å². The largest absolute Gasteiger partial charge is 0.345 e. The number of amides is 2. The van der Waals surface area contributed by atoms with E-state index in [0.29, 0.717) is 12.2 Å². The average molecular weight is 278 g/mol. The maximum Gasteiger partial charge on any atom is 0.345 e. The van der Waals surface area contributed by atoms with E-state index >= 15 is 0 Å². The van der Waals surface area contributed by atoms with Crippen LogP contribution in [0.1, 0.15) is 51.5 Å². The van der Waals surface area contributed by atoms with Gasteiger partial charge in [-0.05, 0) is 37.0 Å². The van der Waals surface area contributed by atoms with Crippen molar-refractivity contribution in [3.8, 4) is 0 Å². The maximum absolute atomic E-state index is 11.7. The third-order valence-corrected chi connectivity index (χ3v) is 3.23. The fraction of sp³-hybridized carbons (Fsp3) is 0.562. The lowest BCUT2D eigenvalue weighted by Gasteiger charge is -2.15. The van der Waals surface area contributed by atoms with E-state index in [0.717, 1.165) is 30.7 Å². The molecule has 0 aliphatic heterocycles. The summed E-state index contributed by atoms with van der Waals surface area (Å²) in [4.78, 5) is 11.7. The molecule has 0 saturated carbocycles. The van der Waals surface area contributed by atoms with Gasteiger partial charge in [0.05, 0.1) is 6.54 Å². The fourth-order valence-electron chi connectivity index (χ4n) is 1.94. The van der Waals surface area contributed by atoms with Crippen molar-refractivity contribution in [1.82, 2.24) is 5.06 Å². The zero-order valence-electron chi connectivity index (χ0n) is 12.6. The van der Waals surface area contributed by atoms with Gasteiger partial charge in [-0.15, -0.1) is 0 Å². The monoisotopic (exact) mass is 278 g/mol. The van der Waals surface area contributed by atoms with Crippen LogP contribution in [0.15, 0.2) is 24.3 Å². The summed E-state index contributed by atoms with van der Waals surface area (Å²) in [5, 5.41) is 13.0. The molecule has 0 saturated heterocycles. The smallest absolute Gasteiger partial charge is 0.306 e. The van der Waals surface area contributed by atoms with E-state index in [1.807, 2.05) is 24.3 Å². The summed E-state index contributed by atoms with van der Waals surface area (Å²) in [6.07, 6.45) is 6.30. The predicted octanol–water partition coefficient (Wildman–Crippen LogP) is 4.44. The fourth-order valence-corrected chi connectivity index (χ4v) is 1.94. The maximum atomic E-state index is 11.7. The van der Waals surface area contributed by atoms with E-state index in [1.54, 1.807) is 0 Å². The van der Waals surface area contributed by atoms with Crippen LogP contribution in [0.25, 0.3) is 0 Å².